The van der Waals surface area contributed by atoms with Crippen LogP contribution in [0.2, 0.25) is 0 Å². The van der Waals surface area contributed by atoms with Gasteiger partial charge in [0.25, 0.3) is 0 Å². The standard InChI is InChI=1S/C12H14N2O4S2/c1-18-10-3-2-9(8-15)6-11(10)20(16,17)14-7-12-13-4-5-19-12/h2-6,14-15H,7-8H2,1H3. The highest BCUT2D eigenvalue weighted by Crippen LogP contribution is 2.25. The minimum absolute atomic E-state index is 0.00288. The molecule has 0 saturated heterocycles. The Balaban J connectivity index is 2.28. The smallest absolute Gasteiger partial charge is 0.244 e. The molecule has 1 heterocycles. The molecule has 1 aromatic carbocycles. The first kappa shape index (κ1) is 14.9. The summed E-state index contributed by atoms with van der Waals surface area (Å²) in [5.74, 6) is 0.230. The van der Waals surface area contributed by atoms with Crippen LogP contribution in [0.5, 0.6) is 5.75 Å². The average molecular weight is 314 g/mol. The van der Waals surface area contributed by atoms with Gasteiger partial charge >= 0.3 is 0 Å². The van der Waals surface area contributed by atoms with Gasteiger partial charge in [0, 0.05) is 11.6 Å². The molecule has 0 aliphatic heterocycles. The summed E-state index contributed by atoms with van der Waals surface area (Å²) in [6.07, 6.45) is 1.61. The Hall–Kier alpha value is -1.48. The van der Waals surface area contributed by atoms with Crippen LogP contribution in [0.15, 0.2) is 34.7 Å². The van der Waals surface area contributed by atoms with Crippen LogP contribution < -0.4 is 9.46 Å². The zero-order valence-corrected chi connectivity index (χ0v) is 12.4. The molecule has 0 aliphatic rings. The largest absolute Gasteiger partial charge is 0.495 e. The maximum Gasteiger partial charge on any atom is 0.244 e. The average Bonchev–Trinajstić information content (AvgIpc) is 2.98. The highest BCUT2D eigenvalue weighted by molar-refractivity contribution is 7.89. The molecule has 108 valence electrons. The van der Waals surface area contributed by atoms with E-state index in [1.807, 2.05) is 0 Å². The molecule has 0 saturated carbocycles. The molecule has 8 heteroatoms. The zero-order valence-electron chi connectivity index (χ0n) is 10.7. The number of aliphatic hydroxyl groups excluding tert-OH is 1. The number of aromatic nitrogens is 1. The second kappa shape index (κ2) is 6.31. The third-order valence-electron chi connectivity index (χ3n) is 2.60. The van der Waals surface area contributed by atoms with E-state index in [-0.39, 0.29) is 23.8 Å². The molecule has 0 atom stereocenters. The SMILES string of the molecule is COc1ccc(CO)cc1S(=O)(=O)NCc1nccs1. The van der Waals surface area contributed by atoms with Crippen molar-refractivity contribution in [3.8, 4) is 5.75 Å². The molecule has 2 N–H and O–H groups in total. The second-order valence-electron chi connectivity index (χ2n) is 3.89. The lowest BCUT2D eigenvalue weighted by Gasteiger charge is -2.11. The minimum atomic E-state index is -3.73. The van der Waals surface area contributed by atoms with Crippen molar-refractivity contribution in [2.24, 2.45) is 0 Å². The molecule has 1 aromatic heterocycles. The number of hydrogen-bond donors (Lipinski definition) is 2. The molecule has 0 amide bonds. The fourth-order valence-corrected chi connectivity index (χ4v) is 3.46. The summed E-state index contributed by atoms with van der Waals surface area (Å²) < 4.78 is 32.1. The lowest BCUT2D eigenvalue weighted by molar-refractivity contribution is 0.281. The van der Waals surface area contributed by atoms with Crippen molar-refractivity contribution in [3.05, 3.63) is 40.3 Å². The number of nitrogens with zero attached hydrogens (tertiary/aromatic N) is 1. The van der Waals surface area contributed by atoms with Crippen LogP contribution in [0, 0.1) is 0 Å². The molecule has 6 nitrogen and oxygen atoms in total. The van der Waals surface area contributed by atoms with Gasteiger partial charge in [0.1, 0.15) is 15.7 Å². The second-order valence-corrected chi connectivity index (χ2v) is 6.61. The molecule has 0 spiro atoms. The molecule has 0 bridgehead atoms. The van der Waals surface area contributed by atoms with E-state index >= 15 is 0 Å². The van der Waals surface area contributed by atoms with Gasteiger partial charge in [0.05, 0.1) is 20.3 Å². The first-order valence-corrected chi connectivity index (χ1v) is 8.09. The summed E-state index contributed by atoms with van der Waals surface area (Å²) >= 11 is 1.37. The Morgan fingerprint density at radius 3 is 2.85 bits per heavy atom. The van der Waals surface area contributed by atoms with E-state index in [2.05, 4.69) is 9.71 Å². The number of hydrogen-bond acceptors (Lipinski definition) is 6. The molecule has 0 unspecified atom stereocenters. The van der Waals surface area contributed by atoms with Crippen molar-refractivity contribution in [1.82, 2.24) is 9.71 Å². The van der Waals surface area contributed by atoms with E-state index < -0.39 is 10.0 Å². The van der Waals surface area contributed by atoms with Crippen LogP contribution in [-0.4, -0.2) is 25.6 Å². The third kappa shape index (κ3) is 3.34. The Morgan fingerprint density at radius 1 is 1.45 bits per heavy atom. The number of aliphatic hydroxyl groups is 1. The lowest BCUT2D eigenvalue weighted by atomic mass is 10.2. The van der Waals surface area contributed by atoms with Gasteiger partial charge in [-0.2, -0.15) is 0 Å². The Labute approximate surface area is 121 Å². The Bertz CT molecular complexity index is 669. The Kier molecular flexibility index (Phi) is 4.71. The highest BCUT2D eigenvalue weighted by Gasteiger charge is 2.20. The number of rotatable bonds is 6. The number of ether oxygens (including phenoxy) is 1. The minimum Gasteiger partial charge on any atom is -0.495 e. The predicted octanol–water partition coefficient (Wildman–Crippen LogP) is 1.12. The summed E-state index contributed by atoms with van der Waals surface area (Å²) in [6.45, 7) is -0.120. The fourth-order valence-electron chi connectivity index (χ4n) is 1.60. The molecular weight excluding hydrogens is 300 g/mol. The van der Waals surface area contributed by atoms with E-state index in [0.717, 1.165) is 0 Å². The molecule has 20 heavy (non-hydrogen) atoms. The number of benzene rings is 1. The first-order valence-electron chi connectivity index (χ1n) is 5.72. The number of thiazole rings is 1. The van der Waals surface area contributed by atoms with Gasteiger partial charge in [-0.25, -0.2) is 18.1 Å². The van der Waals surface area contributed by atoms with E-state index in [1.54, 1.807) is 17.6 Å². The van der Waals surface area contributed by atoms with Gasteiger partial charge in [-0.05, 0) is 17.7 Å². The molecule has 0 fully saturated rings. The molecular formula is C12H14N2O4S2. The first-order chi connectivity index (χ1) is 9.56. The van der Waals surface area contributed by atoms with Gasteiger partial charge in [0.2, 0.25) is 10.0 Å². The zero-order chi connectivity index (χ0) is 14.6. The lowest BCUT2D eigenvalue weighted by Crippen LogP contribution is -2.23. The number of nitrogens with one attached hydrogen (secondary N) is 1. The number of sulfonamides is 1. The van der Waals surface area contributed by atoms with Gasteiger partial charge in [0.15, 0.2) is 0 Å². The summed E-state index contributed by atoms with van der Waals surface area (Å²) in [6, 6.07) is 4.52. The summed E-state index contributed by atoms with van der Waals surface area (Å²) in [5.41, 5.74) is 0.500. The summed E-state index contributed by atoms with van der Waals surface area (Å²) in [4.78, 5) is 4.01. The van der Waals surface area contributed by atoms with Crippen LogP contribution in [0.4, 0.5) is 0 Å². The summed E-state index contributed by atoms with van der Waals surface area (Å²) in [5, 5.41) is 11.6. The van der Waals surface area contributed by atoms with E-state index in [4.69, 9.17) is 9.84 Å². The van der Waals surface area contributed by atoms with Gasteiger partial charge in [-0.1, -0.05) is 6.07 Å². The van der Waals surface area contributed by atoms with Crippen LogP contribution in [0.3, 0.4) is 0 Å². The van der Waals surface area contributed by atoms with Gasteiger partial charge < -0.3 is 9.84 Å². The predicted molar refractivity (Wildman–Crippen MR) is 75.1 cm³/mol. The highest BCUT2D eigenvalue weighted by atomic mass is 32.2. The topological polar surface area (TPSA) is 88.5 Å². The van der Waals surface area contributed by atoms with E-state index in [0.29, 0.717) is 10.6 Å². The third-order valence-corrected chi connectivity index (χ3v) is 4.80. The van der Waals surface area contributed by atoms with Crippen molar-refractivity contribution >= 4 is 21.4 Å². The van der Waals surface area contributed by atoms with Crippen molar-refractivity contribution < 1.29 is 18.3 Å². The van der Waals surface area contributed by atoms with Crippen molar-refractivity contribution in [3.63, 3.8) is 0 Å². The molecule has 2 aromatic rings. The monoisotopic (exact) mass is 314 g/mol. The maximum atomic E-state index is 12.3. The number of methoxy groups -OCH3 is 1. The van der Waals surface area contributed by atoms with Crippen molar-refractivity contribution in [1.29, 1.82) is 0 Å². The molecule has 2 rings (SSSR count). The van der Waals surface area contributed by atoms with Gasteiger partial charge in [-0.15, -0.1) is 11.3 Å². The van der Waals surface area contributed by atoms with Crippen LogP contribution >= 0.6 is 11.3 Å². The fraction of sp³-hybridized carbons (Fsp3) is 0.250. The quantitative estimate of drug-likeness (QED) is 0.834. The van der Waals surface area contributed by atoms with E-state index in [9.17, 15) is 8.42 Å². The van der Waals surface area contributed by atoms with Crippen LogP contribution in [0.25, 0.3) is 0 Å². The molecule has 0 radical (unpaired) electrons. The summed E-state index contributed by atoms with van der Waals surface area (Å²) in [7, 11) is -2.33. The van der Waals surface area contributed by atoms with Crippen LogP contribution in [0.1, 0.15) is 10.6 Å². The maximum absolute atomic E-state index is 12.3. The van der Waals surface area contributed by atoms with Crippen molar-refractivity contribution in [2.75, 3.05) is 7.11 Å². The van der Waals surface area contributed by atoms with Gasteiger partial charge in [-0.3, -0.25) is 0 Å². The normalized spacial score (nSPS) is 11.5. The Morgan fingerprint density at radius 2 is 2.25 bits per heavy atom. The van der Waals surface area contributed by atoms with Crippen LogP contribution in [-0.2, 0) is 23.2 Å². The molecule has 0 aliphatic carbocycles. The van der Waals surface area contributed by atoms with E-state index in [1.165, 1.54) is 30.6 Å². The van der Waals surface area contributed by atoms with Crippen molar-refractivity contribution in [2.45, 2.75) is 18.0 Å².